The van der Waals surface area contributed by atoms with Crippen molar-refractivity contribution in [1.29, 1.82) is 0 Å². The lowest BCUT2D eigenvalue weighted by molar-refractivity contribution is 0.0304. The normalized spacial score (nSPS) is 19.1. The molecule has 0 spiro atoms. The van der Waals surface area contributed by atoms with Gasteiger partial charge in [-0.15, -0.1) is 0 Å². The molecule has 2 aliphatic rings. The van der Waals surface area contributed by atoms with Crippen molar-refractivity contribution in [2.75, 3.05) is 50.9 Å². The van der Waals surface area contributed by atoms with Crippen LogP contribution in [0.3, 0.4) is 0 Å². The number of ether oxygens (including phenoxy) is 1. The van der Waals surface area contributed by atoms with E-state index < -0.39 is 0 Å². The van der Waals surface area contributed by atoms with Gasteiger partial charge in [0.2, 0.25) is 0 Å². The average Bonchev–Trinajstić information content (AvgIpc) is 2.73. The van der Waals surface area contributed by atoms with Crippen molar-refractivity contribution >= 4 is 22.6 Å². The van der Waals surface area contributed by atoms with Gasteiger partial charge in [-0.25, -0.2) is 4.98 Å². The summed E-state index contributed by atoms with van der Waals surface area (Å²) in [5.74, 6) is 1.29. The molecule has 0 unspecified atom stereocenters. The van der Waals surface area contributed by atoms with Crippen molar-refractivity contribution in [3.8, 4) is 0 Å². The highest BCUT2D eigenvalue weighted by molar-refractivity contribution is 6.07. The highest BCUT2D eigenvalue weighted by atomic mass is 16.5. The van der Waals surface area contributed by atoms with Crippen molar-refractivity contribution in [2.24, 2.45) is 5.92 Å². The van der Waals surface area contributed by atoms with E-state index in [4.69, 9.17) is 9.72 Å². The lowest BCUT2D eigenvalue weighted by Crippen LogP contribution is -2.41. The summed E-state index contributed by atoms with van der Waals surface area (Å²) in [5, 5.41) is 10.3. The lowest BCUT2D eigenvalue weighted by Gasteiger charge is -2.33. The van der Waals surface area contributed by atoms with E-state index in [1.807, 2.05) is 35.2 Å². The number of aliphatic hydroxyl groups excluding tert-OH is 1. The minimum absolute atomic E-state index is 0.0541. The van der Waals surface area contributed by atoms with Crippen LogP contribution >= 0.6 is 0 Å². The van der Waals surface area contributed by atoms with Gasteiger partial charge in [0.25, 0.3) is 5.91 Å². The van der Waals surface area contributed by atoms with Crippen LogP contribution in [0.15, 0.2) is 30.3 Å². The number of morpholine rings is 1. The number of aliphatic hydroxyl groups is 1. The highest BCUT2D eigenvalue weighted by Crippen LogP contribution is 2.27. The maximum absolute atomic E-state index is 13.1. The van der Waals surface area contributed by atoms with Crippen molar-refractivity contribution in [3.05, 3.63) is 35.9 Å². The van der Waals surface area contributed by atoms with Crippen LogP contribution in [0.1, 0.15) is 23.2 Å². The van der Waals surface area contributed by atoms with Gasteiger partial charge >= 0.3 is 0 Å². The van der Waals surface area contributed by atoms with Crippen LogP contribution in [0.25, 0.3) is 10.9 Å². The minimum atomic E-state index is 0.0541. The molecule has 2 aromatic rings. The van der Waals surface area contributed by atoms with Gasteiger partial charge in [0.15, 0.2) is 0 Å². The van der Waals surface area contributed by atoms with Crippen molar-refractivity contribution in [1.82, 2.24) is 9.88 Å². The zero-order chi connectivity index (χ0) is 17.9. The van der Waals surface area contributed by atoms with E-state index in [0.717, 1.165) is 48.2 Å². The summed E-state index contributed by atoms with van der Waals surface area (Å²) < 4.78 is 5.38. The van der Waals surface area contributed by atoms with E-state index in [1.54, 1.807) is 0 Å². The van der Waals surface area contributed by atoms with E-state index in [2.05, 4.69) is 4.90 Å². The molecule has 2 aliphatic heterocycles. The first kappa shape index (κ1) is 17.2. The number of pyridine rings is 1. The van der Waals surface area contributed by atoms with Crippen LogP contribution in [0.5, 0.6) is 0 Å². The Morgan fingerprint density at radius 2 is 1.88 bits per heavy atom. The predicted octanol–water partition coefficient (Wildman–Crippen LogP) is 1.92. The van der Waals surface area contributed by atoms with Gasteiger partial charge in [-0.1, -0.05) is 18.2 Å². The van der Waals surface area contributed by atoms with Crippen molar-refractivity contribution in [3.63, 3.8) is 0 Å². The zero-order valence-electron chi connectivity index (χ0n) is 14.9. The molecule has 0 atom stereocenters. The summed E-state index contributed by atoms with van der Waals surface area (Å²) in [6.45, 7) is 4.43. The predicted molar refractivity (Wildman–Crippen MR) is 100 cm³/mol. The fourth-order valence-electron chi connectivity index (χ4n) is 3.78. The molecule has 4 rings (SSSR count). The largest absolute Gasteiger partial charge is 0.396 e. The molecule has 0 bridgehead atoms. The molecule has 6 heteroatoms. The molecule has 2 fully saturated rings. The Balaban J connectivity index is 1.68. The molecular formula is C20H25N3O3. The molecular weight excluding hydrogens is 330 g/mol. The molecule has 0 radical (unpaired) electrons. The van der Waals surface area contributed by atoms with Crippen LogP contribution in [0, 0.1) is 5.92 Å². The number of rotatable bonds is 3. The third-order valence-corrected chi connectivity index (χ3v) is 5.43. The van der Waals surface area contributed by atoms with E-state index in [1.165, 1.54) is 0 Å². The van der Waals surface area contributed by atoms with Gasteiger partial charge in [-0.2, -0.15) is 0 Å². The Hall–Kier alpha value is -2.18. The Morgan fingerprint density at radius 1 is 1.15 bits per heavy atom. The Morgan fingerprint density at radius 3 is 2.62 bits per heavy atom. The van der Waals surface area contributed by atoms with Gasteiger partial charge in [-0.3, -0.25) is 4.79 Å². The van der Waals surface area contributed by atoms with E-state index in [9.17, 15) is 9.90 Å². The first-order valence-corrected chi connectivity index (χ1v) is 9.39. The fourth-order valence-corrected chi connectivity index (χ4v) is 3.78. The second kappa shape index (κ2) is 7.60. The summed E-state index contributed by atoms with van der Waals surface area (Å²) in [7, 11) is 0. The van der Waals surface area contributed by atoms with Crippen molar-refractivity contribution < 1.29 is 14.6 Å². The first-order chi connectivity index (χ1) is 12.8. The standard InChI is InChI=1S/C20H25N3O3/c24-14-15-5-7-22(8-6-15)19-13-17(16-3-1-2-4-18(16)21-19)20(25)23-9-11-26-12-10-23/h1-4,13,15,24H,5-12,14H2. The number of piperidine rings is 1. The summed E-state index contributed by atoms with van der Waals surface area (Å²) in [6, 6.07) is 9.79. The topological polar surface area (TPSA) is 65.9 Å². The minimum Gasteiger partial charge on any atom is -0.396 e. The molecule has 0 aliphatic carbocycles. The molecule has 1 amide bonds. The number of hydrogen-bond donors (Lipinski definition) is 1. The maximum atomic E-state index is 13.1. The molecule has 26 heavy (non-hydrogen) atoms. The molecule has 6 nitrogen and oxygen atoms in total. The quantitative estimate of drug-likeness (QED) is 0.911. The van der Waals surface area contributed by atoms with Gasteiger partial charge in [0.05, 0.1) is 24.3 Å². The number of amides is 1. The lowest BCUT2D eigenvalue weighted by atomic mass is 9.97. The van der Waals surface area contributed by atoms with Crippen LogP contribution in [0.4, 0.5) is 5.82 Å². The number of carbonyl (C=O) groups excluding carboxylic acids is 1. The zero-order valence-corrected chi connectivity index (χ0v) is 14.9. The SMILES string of the molecule is O=C(c1cc(N2CCC(CO)CC2)nc2ccccc12)N1CCOCC1. The van der Waals surface area contributed by atoms with Crippen LogP contribution in [0.2, 0.25) is 0 Å². The molecule has 2 saturated heterocycles. The average molecular weight is 355 g/mol. The van der Waals surface area contributed by atoms with Crippen LogP contribution in [-0.2, 0) is 4.74 Å². The fraction of sp³-hybridized carbons (Fsp3) is 0.500. The van der Waals surface area contributed by atoms with Gasteiger partial charge in [-0.05, 0) is 30.9 Å². The third kappa shape index (κ3) is 3.39. The molecule has 3 heterocycles. The summed E-state index contributed by atoms with van der Waals surface area (Å²) in [5.41, 5.74) is 1.57. The Labute approximate surface area is 153 Å². The van der Waals surface area contributed by atoms with Gasteiger partial charge in [0.1, 0.15) is 5.82 Å². The number of benzene rings is 1. The molecule has 1 aromatic heterocycles. The monoisotopic (exact) mass is 355 g/mol. The Bertz CT molecular complexity index is 781. The number of fused-ring (bicyclic) bond motifs is 1. The van der Waals surface area contributed by atoms with Gasteiger partial charge < -0.3 is 19.6 Å². The smallest absolute Gasteiger partial charge is 0.254 e. The molecule has 1 aromatic carbocycles. The van der Waals surface area contributed by atoms with Crippen LogP contribution in [-0.4, -0.2) is 66.9 Å². The Kier molecular flexibility index (Phi) is 5.04. The van der Waals surface area contributed by atoms with E-state index >= 15 is 0 Å². The summed E-state index contributed by atoms with van der Waals surface area (Å²) >= 11 is 0. The number of carbonyl (C=O) groups is 1. The van der Waals surface area contributed by atoms with Gasteiger partial charge in [0, 0.05) is 38.2 Å². The molecule has 138 valence electrons. The summed E-state index contributed by atoms with van der Waals surface area (Å²) in [4.78, 5) is 22.0. The second-order valence-corrected chi connectivity index (χ2v) is 7.06. The molecule has 1 N–H and O–H groups in total. The number of hydrogen-bond acceptors (Lipinski definition) is 5. The third-order valence-electron chi connectivity index (χ3n) is 5.43. The maximum Gasteiger partial charge on any atom is 0.254 e. The number of nitrogens with zero attached hydrogens (tertiary/aromatic N) is 3. The number of anilines is 1. The van der Waals surface area contributed by atoms with E-state index in [-0.39, 0.29) is 12.5 Å². The molecule has 0 saturated carbocycles. The highest BCUT2D eigenvalue weighted by Gasteiger charge is 2.24. The number of para-hydroxylation sites is 1. The van der Waals surface area contributed by atoms with Crippen LogP contribution < -0.4 is 4.90 Å². The first-order valence-electron chi connectivity index (χ1n) is 9.39. The number of aromatic nitrogens is 1. The second-order valence-electron chi connectivity index (χ2n) is 7.06. The van der Waals surface area contributed by atoms with Crippen molar-refractivity contribution in [2.45, 2.75) is 12.8 Å². The van der Waals surface area contributed by atoms with E-state index in [0.29, 0.717) is 32.2 Å². The summed E-state index contributed by atoms with van der Waals surface area (Å²) in [6.07, 6.45) is 1.91.